The van der Waals surface area contributed by atoms with Crippen LogP contribution in [0.2, 0.25) is 0 Å². The van der Waals surface area contributed by atoms with Gasteiger partial charge in [0, 0.05) is 17.9 Å². The lowest BCUT2D eigenvalue weighted by molar-refractivity contribution is -0.128. The van der Waals surface area contributed by atoms with Gasteiger partial charge in [-0.15, -0.1) is 4.91 Å². The van der Waals surface area contributed by atoms with E-state index in [4.69, 9.17) is 4.74 Å². The highest BCUT2D eigenvalue weighted by Gasteiger charge is 2.30. The summed E-state index contributed by atoms with van der Waals surface area (Å²) < 4.78 is 5.54. The zero-order valence-corrected chi connectivity index (χ0v) is 9.27. The Morgan fingerprint density at radius 1 is 1.50 bits per heavy atom. The Hall–Kier alpha value is -1.71. The van der Waals surface area contributed by atoms with Crippen molar-refractivity contribution < 1.29 is 9.53 Å². The fraction of sp³-hybridized carbons (Fsp3) is 0.417. The molecule has 0 aromatic heterocycles. The maximum atomic E-state index is 11.8. The van der Waals surface area contributed by atoms with E-state index in [0.29, 0.717) is 17.9 Å². The molecule has 1 unspecified atom stereocenters. The second-order valence-electron chi connectivity index (χ2n) is 4.25. The maximum absolute atomic E-state index is 11.8. The number of ether oxygens (including phenoxy) is 1. The molecule has 0 aliphatic carbocycles. The predicted octanol–water partition coefficient (Wildman–Crippen LogP) is 2.61. The molecule has 16 heavy (non-hydrogen) atoms. The van der Waals surface area contributed by atoms with Gasteiger partial charge in [-0.1, -0.05) is 13.8 Å². The van der Waals surface area contributed by atoms with Crippen molar-refractivity contribution in [2.75, 3.05) is 0 Å². The summed E-state index contributed by atoms with van der Waals surface area (Å²) in [6, 6.07) is 4.96. The number of fused-ring (bicyclic) bond motifs is 1. The van der Waals surface area contributed by atoms with Crippen molar-refractivity contribution in [1.82, 2.24) is 0 Å². The predicted molar refractivity (Wildman–Crippen MR) is 59.9 cm³/mol. The van der Waals surface area contributed by atoms with Gasteiger partial charge in [-0.05, 0) is 23.4 Å². The van der Waals surface area contributed by atoms with Crippen LogP contribution in [0.1, 0.15) is 19.4 Å². The van der Waals surface area contributed by atoms with Gasteiger partial charge >= 0.3 is 0 Å². The lowest BCUT2D eigenvalue weighted by atomic mass is 10.00. The van der Waals surface area contributed by atoms with Gasteiger partial charge in [0.25, 0.3) is 0 Å². The summed E-state index contributed by atoms with van der Waals surface area (Å²) in [5.74, 6) is 0.742. The molecule has 0 amide bonds. The van der Waals surface area contributed by atoms with Crippen LogP contribution in [0.15, 0.2) is 23.4 Å². The highest BCUT2D eigenvalue weighted by Crippen LogP contribution is 2.32. The Balaban J connectivity index is 2.21. The third kappa shape index (κ3) is 1.83. The van der Waals surface area contributed by atoms with Gasteiger partial charge in [0.15, 0.2) is 11.9 Å². The number of rotatable bonds is 3. The highest BCUT2D eigenvalue weighted by atomic mass is 16.5. The molecule has 0 bridgehead atoms. The van der Waals surface area contributed by atoms with E-state index in [2.05, 4.69) is 5.18 Å². The van der Waals surface area contributed by atoms with Crippen LogP contribution in [0.25, 0.3) is 0 Å². The minimum atomic E-state index is -0.406. The summed E-state index contributed by atoms with van der Waals surface area (Å²) in [5.41, 5.74) is 1.26. The molecule has 0 N–H and O–H groups in total. The molecule has 0 fully saturated rings. The Morgan fingerprint density at radius 2 is 2.25 bits per heavy atom. The maximum Gasteiger partial charge on any atom is 0.176 e. The van der Waals surface area contributed by atoms with Crippen LogP contribution in [-0.4, -0.2) is 11.9 Å². The number of ketones is 1. The summed E-state index contributed by atoms with van der Waals surface area (Å²) in [6.45, 7) is 3.71. The van der Waals surface area contributed by atoms with Crippen molar-refractivity contribution in [3.8, 4) is 5.75 Å². The number of nitroso groups, excluding NO2 is 1. The first-order valence-corrected chi connectivity index (χ1v) is 5.28. The molecule has 0 spiro atoms. The molecule has 1 atom stereocenters. The minimum Gasteiger partial charge on any atom is -0.482 e. The van der Waals surface area contributed by atoms with Crippen molar-refractivity contribution in [3.05, 3.63) is 28.7 Å². The lowest BCUT2D eigenvalue weighted by Gasteiger charge is -2.11. The summed E-state index contributed by atoms with van der Waals surface area (Å²) in [4.78, 5) is 22.1. The standard InChI is InChI=1S/C12H13NO3/c1-7(2)12(14)11-6-8-5-9(13-15)3-4-10(8)16-11/h3-5,7,11H,6H2,1-2H3. The second-order valence-corrected chi connectivity index (χ2v) is 4.25. The van der Waals surface area contributed by atoms with Gasteiger partial charge < -0.3 is 4.74 Å². The first-order chi connectivity index (χ1) is 7.61. The van der Waals surface area contributed by atoms with E-state index >= 15 is 0 Å². The van der Waals surface area contributed by atoms with Crippen LogP contribution in [0.4, 0.5) is 5.69 Å². The van der Waals surface area contributed by atoms with Crippen molar-refractivity contribution in [3.63, 3.8) is 0 Å². The Labute approximate surface area is 93.6 Å². The molecule has 4 nitrogen and oxygen atoms in total. The quantitative estimate of drug-likeness (QED) is 0.734. The summed E-state index contributed by atoms with van der Waals surface area (Å²) in [5, 5.41) is 2.86. The number of benzene rings is 1. The number of nitrogens with zero attached hydrogens (tertiary/aromatic N) is 1. The van der Waals surface area contributed by atoms with Gasteiger partial charge in [0.2, 0.25) is 0 Å². The Kier molecular flexibility index (Phi) is 2.73. The minimum absolute atomic E-state index is 0.0389. The summed E-state index contributed by atoms with van der Waals surface area (Å²) >= 11 is 0. The average molecular weight is 219 g/mol. The Morgan fingerprint density at radius 3 is 2.88 bits per heavy atom. The molecule has 1 aromatic rings. The topological polar surface area (TPSA) is 55.7 Å². The SMILES string of the molecule is CC(C)C(=O)C1Cc2cc(N=O)ccc2O1. The molecule has 1 heterocycles. The molecule has 2 rings (SSSR count). The van der Waals surface area contributed by atoms with E-state index in [9.17, 15) is 9.70 Å². The Bertz CT molecular complexity index is 440. The zero-order valence-electron chi connectivity index (χ0n) is 9.27. The fourth-order valence-corrected chi connectivity index (χ4v) is 1.82. The van der Waals surface area contributed by atoms with Gasteiger partial charge in [-0.25, -0.2) is 0 Å². The molecule has 1 aromatic carbocycles. The van der Waals surface area contributed by atoms with E-state index in [0.717, 1.165) is 5.56 Å². The summed E-state index contributed by atoms with van der Waals surface area (Å²) in [7, 11) is 0. The van der Waals surface area contributed by atoms with Crippen molar-refractivity contribution >= 4 is 11.5 Å². The van der Waals surface area contributed by atoms with Gasteiger partial charge in [-0.2, -0.15) is 0 Å². The first kappa shape index (κ1) is 10.8. The number of hydrogen-bond donors (Lipinski definition) is 0. The van der Waals surface area contributed by atoms with Crippen LogP contribution >= 0.6 is 0 Å². The number of carbonyl (C=O) groups is 1. The van der Waals surface area contributed by atoms with Crippen LogP contribution in [0, 0.1) is 10.8 Å². The first-order valence-electron chi connectivity index (χ1n) is 5.28. The molecule has 1 aliphatic rings. The molecule has 0 saturated carbocycles. The van der Waals surface area contributed by atoms with E-state index in [-0.39, 0.29) is 11.7 Å². The normalized spacial score (nSPS) is 18.1. The van der Waals surface area contributed by atoms with Crippen molar-refractivity contribution in [2.45, 2.75) is 26.4 Å². The van der Waals surface area contributed by atoms with E-state index in [1.54, 1.807) is 18.2 Å². The van der Waals surface area contributed by atoms with Gasteiger partial charge in [-0.3, -0.25) is 4.79 Å². The highest BCUT2D eigenvalue weighted by molar-refractivity contribution is 5.86. The van der Waals surface area contributed by atoms with E-state index in [1.165, 1.54) is 0 Å². The van der Waals surface area contributed by atoms with Gasteiger partial charge in [0.05, 0.1) is 0 Å². The van der Waals surface area contributed by atoms with Crippen molar-refractivity contribution in [1.29, 1.82) is 0 Å². The molecule has 0 saturated heterocycles. The van der Waals surface area contributed by atoms with Crippen molar-refractivity contribution in [2.24, 2.45) is 11.1 Å². The largest absolute Gasteiger partial charge is 0.482 e. The number of carbonyl (C=O) groups excluding carboxylic acids is 1. The van der Waals surface area contributed by atoms with Crippen LogP contribution < -0.4 is 4.74 Å². The van der Waals surface area contributed by atoms with E-state index < -0.39 is 6.10 Å². The monoisotopic (exact) mass is 219 g/mol. The second kappa shape index (κ2) is 4.04. The third-order valence-electron chi connectivity index (χ3n) is 2.71. The van der Waals surface area contributed by atoms with Gasteiger partial charge in [0.1, 0.15) is 11.4 Å². The number of Topliss-reactive ketones (excluding diaryl/α,β-unsaturated/α-hetero) is 1. The molecular weight excluding hydrogens is 206 g/mol. The lowest BCUT2D eigenvalue weighted by Crippen LogP contribution is -2.29. The average Bonchev–Trinajstić information content (AvgIpc) is 2.69. The van der Waals surface area contributed by atoms with Crippen LogP contribution in [-0.2, 0) is 11.2 Å². The molecule has 1 aliphatic heterocycles. The fourth-order valence-electron chi connectivity index (χ4n) is 1.82. The zero-order chi connectivity index (χ0) is 11.7. The smallest absolute Gasteiger partial charge is 0.176 e. The molecule has 4 heteroatoms. The van der Waals surface area contributed by atoms with E-state index in [1.807, 2.05) is 13.8 Å². The van der Waals surface area contributed by atoms with Crippen LogP contribution in [0.3, 0.4) is 0 Å². The number of hydrogen-bond acceptors (Lipinski definition) is 4. The van der Waals surface area contributed by atoms with Crippen LogP contribution in [0.5, 0.6) is 5.75 Å². The third-order valence-corrected chi connectivity index (χ3v) is 2.71. The molecular formula is C12H13NO3. The molecule has 84 valence electrons. The molecule has 0 radical (unpaired) electrons. The summed E-state index contributed by atoms with van der Waals surface area (Å²) in [6.07, 6.45) is 0.132.